The van der Waals surface area contributed by atoms with Gasteiger partial charge in [-0.1, -0.05) is 194 Å². The van der Waals surface area contributed by atoms with E-state index in [4.69, 9.17) is 8.83 Å². The maximum absolute atomic E-state index is 15.2. The number of furan rings is 2. The Morgan fingerprint density at radius 1 is 0.304 bits per heavy atom. The van der Waals surface area contributed by atoms with Crippen LogP contribution in [0.5, 0.6) is 0 Å². The molecule has 0 bridgehead atoms. The van der Waals surface area contributed by atoms with Gasteiger partial charge in [0.15, 0.2) is 17.5 Å². The van der Waals surface area contributed by atoms with Crippen LogP contribution < -0.4 is 4.90 Å². The topological polar surface area (TPSA) is 29.5 Å². The normalized spacial score (nSPS) is 12.6. The van der Waals surface area contributed by atoms with Crippen molar-refractivity contribution in [2.75, 3.05) is 4.90 Å². The predicted octanol–water partition coefficient (Wildman–Crippen LogP) is 20.4. The molecule has 1 aliphatic carbocycles. The Labute approximate surface area is 453 Å². The highest BCUT2D eigenvalue weighted by molar-refractivity contribution is 6.11. The molecule has 14 aromatic rings. The zero-order chi connectivity index (χ0) is 52.8. The molecule has 0 aliphatic heterocycles. The number of para-hydroxylation sites is 4. The Morgan fingerprint density at radius 3 is 1.27 bits per heavy atom. The van der Waals surface area contributed by atoms with E-state index in [2.05, 4.69) is 181 Å². The lowest BCUT2D eigenvalue weighted by molar-refractivity contribution is 0.448. The number of benzene rings is 12. The molecule has 0 spiro atoms. The summed E-state index contributed by atoms with van der Waals surface area (Å²) in [4.78, 5) is 2.30. The molecule has 15 rings (SSSR count). The number of fused-ring (bicyclic) bond motifs is 9. The van der Waals surface area contributed by atoms with Crippen LogP contribution in [-0.4, -0.2) is 0 Å². The molecule has 0 N–H and O–H groups in total. The van der Waals surface area contributed by atoms with Crippen molar-refractivity contribution in [3.63, 3.8) is 0 Å². The van der Waals surface area contributed by atoms with E-state index in [1.165, 1.54) is 0 Å². The summed E-state index contributed by atoms with van der Waals surface area (Å²) in [6, 6.07) is 90.3. The first-order valence-electron chi connectivity index (χ1n) is 26.4. The summed E-state index contributed by atoms with van der Waals surface area (Å²) in [5.74, 6) is -3.99. The van der Waals surface area contributed by atoms with Gasteiger partial charge in [-0.15, -0.1) is 0 Å². The molecular weight excluding hydrogens is 980 g/mol. The van der Waals surface area contributed by atoms with Crippen molar-refractivity contribution >= 4 is 60.9 Å². The summed E-state index contributed by atoms with van der Waals surface area (Å²) < 4.78 is 58.1. The van der Waals surface area contributed by atoms with Crippen LogP contribution in [0.3, 0.4) is 0 Å². The maximum atomic E-state index is 15.2. The molecule has 0 amide bonds. The fourth-order valence-corrected chi connectivity index (χ4v) is 12.5. The SMILES string of the molecule is Fc1cc(-c2cc(-c3ccccc3)c3c(c2)-c2ccc(N(c4ccc(-c5cccc6c5oc5ccccc56)cc4)c4ccc(-c5cccc6c5oc5ccccc56)cc4)cc2C3(c2ccccc2)c2ccccc2)cc(F)c1F. The molecule has 0 unspecified atom stereocenters. The minimum atomic E-state index is -1.50. The van der Waals surface area contributed by atoms with Crippen LogP contribution in [0.15, 0.2) is 276 Å². The highest BCUT2D eigenvalue weighted by Gasteiger charge is 2.48. The van der Waals surface area contributed by atoms with Gasteiger partial charge in [0, 0.05) is 49.7 Å². The minimum absolute atomic E-state index is 0.234. The number of anilines is 3. The summed E-state index contributed by atoms with van der Waals surface area (Å²) in [6.07, 6.45) is 0. The first kappa shape index (κ1) is 46.2. The van der Waals surface area contributed by atoms with Gasteiger partial charge < -0.3 is 13.7 Å². The van der Waals surface area contributed by atoms with Crippen molar-refractivity contribution in [2.24, 2.45) is 0 Å². The van der Waals surface area contributed by atoms with Gasteiger partial charge >= 0.3 is 0 Å². The Kier molecular flexibility index (Phi) is 10.7. The van der Waals surface area contributed by atoms with Crippen molar-refractivity contribution in [3.05, 3.63) is 307 Å². The second kappa shape index (κ2) is 18.3. The Morgan fingerprint density at radius 2 is 0.734 bits per heavy atom. The molecule has 0 saturated carbocycles. The molecule has 12 aromatic carbocycles. The second-order valence-corrected chi connectivity index (χ2v) is 20.3. The number of halogens is 3. The Bertz CT molecular complexity index is 4460. The molecule has 79 heavy (non-hydrogen) atoms. The van der Waals surface area contributed by atoms with E-state index in [-0.39, 0.29) is 5.56 Å². The van der Waals surface area contributed by atoms with Crippen LogP contribution in [-0.2, 0) is 5.41 Å². The quantitative estimate of drug-likeness (QED) is 0.135. The summed E-state index contributed by atoms with van der Waals surface area (Å²) >= 11 is 0. The van der Waals surface area contributed by atoms with Gasteiger partial charge in [-0.3, -0.25) is 0 Å². The van der Waals surface area contributed by atoms with Gasteiger partial charge in [0.2, 0.25) is 0 Å². The first-order chi connectivity index (χ1) is 38.9. The molecule has 0 fully saturated rings. The Balaban J connectivity index is 0.964. The molecule has 374 valence electrons. The van der Waals surface area contributed by atoms with E-state index in [0.29, 0.717) is 5.56 Å². The van der Waals surface area contributed by atoms with Gasteiger partial charge in [0.05, 0.1) is 5.41 Å². The fraction of sp³-hybridized carbons (Fsp3) is 0.0137. The monoisotopic (exact) mass is 1020 g/mol. The fourth-order valence-electron chi connectivity index (χ4n) is 12.5. The van der Waals surface area contributed by atoms with Gasteiger partial charge in [-0.25, -0.2) is 13.2 Å². The van der Waals surface area contributed by atoms with Crippen molar-refractivity contribution in [2.45, 2.75) is 5.41 Å². The maximum Gasteiger partial charge on any atom is 0.194 e. The first-order valence-corrected chi connectivity index (χ1v) is 26.4. The summed E-state index contributed by atoms with van der Waals surface area (Å²) in [5, 5.41) is 4.29. The third-order valence-corrected chi connectivity index (χ3v) is 16.0. The highest BCUT2D eigenvalue weighted by atomic mass is 19.2. The van der Waals surface area contributed by atoms with E-state index in [9.17, 15) is 4.39 Å². The minimum Gasteiger partial charge on any atom is -0.455 e. The molecule has 0 saturated heterocycles. The van der Waals surface area contributed by atoms with Crippen molar-refractivity contribution in [1.29, 1.82) is 0 Å². The van der Waals surface area contributed by atoms with E-state index in [0.717, 1.165) is 140 Å². The van der Waals surface area contributed by atoms with Gasteiger partial charge in [0.25, 0.3) is 0 Å². The number of hydrogen-bond donors (Lipinski definition) is 0. The highest BCUT2D eigenvalue weighted by Crippen LogP contribution is 2.61. The van der Waals surface area contributed by atoms with Crippen LogP contribution in [0.4, 0.5) is 30.2 Å². The van der Waals surface area contributed by atoms with Crippen molar-refractivity contribution in [1.82, 2.24) is 0 Å². The molecule has 0 radical (unpaired) electrons. The van der Waals surface area contributed by atoms with Gasteiger partial charge in [-0.2, -0.15) is 0 Å². The van der Waals surface area contributed by atoms with Crippen LogP contribution in [0.25, 0.3) is 99.5 Å². The molecule has 0 atom stereocenters. The second-order valence-electron chi connectivity index (χ2n) is 20.3. The van der Waals surface area contributed by atoms with Crippen LogP contribution in [0.2, 0.25) is 0 Å². The van der Waals surface area contributed by atoms with E-state index < -0.39 is 22.9 Å². The van der Waals surface area contributed by atoms with Crippen LogP contribution in [0, 0.1) is 17.5 Å². The lowest BCUT2D eigenvalue weighted by Crippen LogP contribution is -2.29. The van der Waals surface area contributed by atoms with Crippen LogP contribution in [0.1, 0.15) is 22.3 Å². The van der Waals surface area contributed by atoms with E-state index in [1.54, 1.807) is 0 Å². The third-order valence-electron chi connectivity index (χ3n) is 16.0. The van der Waals surface area contributed by atoms with E-state index in [1.807, 2.05) is 78.9 Å². The van der Waals surface area contributed by atoms with E-state index >= 15 is 8.78 Å². The predicted molar refractivity (Wildman–Crippen MR) is 315 cm³/mol. The van der Waals surface area contributed by atoms with Gasteiger partial charge in [0.1, 0.15) is 22.3 Å². The van der Waals surface area contributed by atoms with Crippen molar-refractivity contribution in [3.8, 4) is 55.6 Å². The Hall–Kier alpha value is -10.2. The lowest BCUT2D eigenvalue weighted by Gasteiger charge is -2.36. The molecule has 2 aromatic heterocycles. The largest absolute Gasteiger partial charge is 0.455 e. The van der Waals surface area contributed by atoms with Gasteiger partial charge in [-0.05, 0) is 140 Å². The summed E-state index contributed by atoms with van der Waals surface area (Å²) in [5.41, 5.74) is 17.8. The molecular formula is C73H44F3NO2. The standard InChI is InChI=1S/C73H44F3NO2/c74-65-42-49(43-66(75)70(65)76)48-40-62(45-16-4-1-5-17-45)69-63(41-48)57-39-38-54(44-64(57)73(69,50-18-6-2-7-19-50)51-20-8-3-9-21-51)77(52-34-30-46(31-35-52)55-24-14-26-60-58-22-10-12-28-67(58)78-71(55)60)53-36-32-47(33-37-53)56-25-15-27-61-59-23-11-13-29-68(59)79-72(56)61/h1-44H. The number of hydrogen-bond acceptors (Lipinski definition) is 3. The summed E-state index contributed by atoms with van der Waals surface area (Å²) in [7, 11) is 0. The zero-order valence-corrected chi connectivity index (χ0v) is 42.3. The summed E-state index contributed by atoms with van der Waals surface area (Å²) in [6.45, 7) is 0. The number of nitrogens with zero attached hydrogens (tertiary/aromatic N) is 1. The zero-order valence-electron chi connectivity index (χ0n) is 42.3. The number of rotatable bonds is 9. The molecule has 2 heterocycles. The third kappa shape index (κ3) is 7.29. The average Bonchev–Trinajstić information content (AvgIpc) is 4.33. The lowest BCUT2D eigenvalue weighted by atomic mass is 9.66. The molecule has 3 nitrogen and oxygen atoms in total. The average molecular weight is 1020 g/mol. The van der Waals surface area contributed by atoms with Crippen molar-refractivity contribution < 1.29 is 22.0 Å². The van der Waals surface area contributed by atoms with Crippen LogP contribution >= 0.6 is 0 Å². The molecule has 1 aliphatic rings. The smallest absolute Gasteiger partial charge is 0.194 e. The molecule has 6 heteroatoms.